The van der Waals surface area contributed by atoms with Crippen molar-refractivity contribution in [2.45, 2.75) is 50.3 Å². The number of carbonyl (C=O) groups is 2. The van der Waals surface area contributed by atoms with Gasteiger partial charge in [-0.2, -0.15) is 0 Å². The molecule has 2 aliphatic rings. The van der Waals surface area contributed by atoms with Crippen molar-refractivity contribution in [3.8, 4) is 16.9 Å². The largest absolute Gasteiger partial charge is 0.496 e. The van der Waals surface area contributed by atoms with E-state index in [0.29, 0.717) is 23.3 Å². The summed E-state index contributed by atoms with van der Waals surface area (Å²) in [6, 6.07) is 11.6. The van der Waals surface area contributed by atoms with Gasteiger partial charge in [0.1, 0.15) is 11.9 Å². The van der Waals surface area contributed by atoms with E-state index < -0.39 is 6.09 Å². The number of carbonyl (C=O) groups excluding carboxylic acids is 2. The van der Waals surface area contributed by atoms with Gasteiger partial charge in [-0.05, 0) is 68.0 Å². The summed E-state index contributed by atoms with van der Waals surface area (Å²) in [5.41, 5.74) is 8.37. The first-order valence-electron chi connectivity index (χ1n) is 11.5. The van der Waals surface area contributed by atoms with Gasteiger partial charge in [-0.1, -0.05) is 6.07 Å². The van der Waals surface area contributed by atoms with Gasteiger partial charge >= 0.3 is 6.09 Å². The van der Waals surface area contributed by atoms with Gasteiger partial charge < -0.3 is 25.8 Å². The molecule has 2 aromatic carbocycles. The first-order valence-corrected chi connectivity index (χ1v) is 11.5. The Bertz CT molecular complexity index is 1240. The molecule has 0 aliphatic heterocycles. The minimum absolute atomic E-state index is 0.0656. The highest BCUT2D eigenvalue weighted by Gasteiger charge is 2.30. The molecule has 0 unspecified atom stereocenters. The smallest absolute Gasteiger partial charge is 0.404 e. The number of nitrogens with two attached hydrogens (primary N) is 1. The van der Waals surface area contributed by atoms with Gasteiger partial charge in [0, 0.05) is 28.8 Å². The maximum atomic E-state index is 12.4. The van der Waals surface area contributed by atoms with E-state index >= 15 is 0 Å². The van der Waals surface area contributed by atoms with Crippen LogP contribution < -0.4 is 21.1 Å². The molecular weight excluding hydrogens is 434 g/mol. The van der Waals surface area contributed by atoms with Gasteiger partial charge in [0.2, 0.25) is 5.95 Å². The summed E-state index contributed by atoms with van der Waals surface area (Å²) in [7, 11) is 1.60. The predicted octanol–water partition coefficient (Wildman–Crippen LogP) is 3.63. The predicted molar refractivity (Wildman–Crippen MR) is 128 cm³/mol. The number of nitrogens with one attached hydrogen (secondary N) is 2. The minimum atomic E-state index is -0.766. The van der Waals surface area contributed by atoms with Gasteiger partial charge in [-0.3, -0.25) is 4.79 Å². The Morgan fingerprint density at radius 2 is 1.94 bits per heavy atom. The Balaban J connectivity index is 1.36. The van der Waals surface area contributed by atoms with E-state index in [2.05, 4.69) is 20.6 Å². The van der Waals surface area contributed by atoms with Crippen molar-refractivity contribution < 1.29 is 19.1 Å². The molecule has 2 aliphatic carbocycles. The first-order chi connectivity index (χ1) is 16.5. The summed E-state index contributed by atoms with van der Waals surface area (Å²) in [5.74, 6) is 1.03. The van der Waals surface area contributed by atoms with Crippen LogP contribution in [-0.2, 0) is 4.74 Å². The number of rotatable bonds is 7. The maximum Gasteiger partial charge on any atom is 0.404 e. The van der Waals surface area contributed by atoms with Crippen LogP contribution >= 0.6 is 0 Å². The number of primary amides is 1. The molecule has 9 heteroatoms. The third kappa shape index (κ3) is 4.73. The Morgan fingerprint density at radius 1 is 1.09 bits per heavy atom. The highest BCUT2D eigenvalue weighted by molar-refractivity contribution is 5.96. The summed E-state index contributed by atoms with van der Waals surface area (Å²) in [6.45, 7) is 0. The van der Waals surface area contributed by atoms with Crippen LogP contribution in [0, 0.1) is 0 Å². The van der Waals surface area contributed by atoms with E-state index in [-0.39, 0.29) is 18.1 Å². The molecular formula is C25H27N5O4. The lowest BCUT2D eigenvalue weighted by Gasteiger charge is -2.20. The normalized spacial score (nSPS) is 19.6. The maximum absolute atomic E-state index is 12.4. The summed E-state index contributed by atoms with van der Waals surface area (Å²) in [6.07, 6.45) is 5.36. The van der Waals surface area contributed by atoms with Crippen molar-refractivity contribution in [1.82, 2.24) is 15.3 Å². The van der Waals surface area contributed by atoms with Crippen molar-refractivity contribution in [2.75, 3.05) is 12.4 Å². The minimum Gasteiger partial charge on any atom is -0.496 e. The second kappa shape index (κ2) is 9.17. The summed E-state index contributed by atoms with van der Waals surface area (Å²) in [4.78, 5) is 32.6. The molecule has 1 aromatic heterocycles. The van der Waals surface area contributed by atoms with Gasteiger partial charge in [-0.25, -0.2) is 14.8 Å². The average molecular weight is 462 g/mol. The van der Waals surface area contributed by atoms with Gasteiger partial charge in [-0.15, -0.1) is 0 Å². The van der Waals surface area contributed by atoms with Crippen molar-refractivity contribution >= 4 is 28.9 Å². The topological polar surface area (TPSA) is 128 Å². The zero-order valence-corrected chi connectivity index (χ0v) is 18.9. The second-order valence-corrected chi connectivity index (χ2v) is 8.79. The number of hydrogen-bond donors (Lipinski definition) is 3. The number of benzene rings is 2. The Labute approximate surface area is 197 Å². The summed E-state index contributed by atoms with van der Waals surface area (Å²) >= 11 is 0. The van der Waals surface area contributed by atoms with Gasteiger partial charge in [0.25, 0.3) is 5.91 Å². The fourth-order valence-electron chi connectivity index (χ4n) is 4.39. The highest BCUT2D eigenvalue weighted by atomic mass is 16.6. The molecule has 2 saturated carbocycles. The fourth-order valence-corrected chi connectivity index (χ4v) is 4.39. The number of aromatic nitrogens is 2. The molecule has 5 rings (SSSR count). The average Bonchev–Trinajstić information content (AvgIpc) is 3.56. The van der Waals surface area contributed by atoms with Crippen LogP contribution in [0.1, 0.15) is 42.5 Å². The summed E-state index contributed by atoms with van der Waals surface area (Å²) < 4.78 is 10.8. The Morgan fingerprint density at radius 3 is 2.71 bits per heavy atom. The number of amides is 2. The third-order valence-electron chi connectivity index (χ3n) is 6.30. The molecule has 4 N–H and O–H groups in total. The lowest BCUT2D eigenvalue weighted by Crippen LogP contribution is -2.34. The number of nitrogens with zero attached hydrogens (tertiary/aromatic N) is 2. The molecule has 1 heterocycles. The van der Waals surface area contributed by atoms with Crippen LogP contribution in [0.4, 0.5) is 10.7 Å². The second-order valence-electron chi connectivity index (χ2n) is 8.79. The fraction of sp³-hybridized carbons (Fsp3) is 0.360. The zero-order chi connectivity index (χ0) is 23.7. The van der Waals surface area contributed by atoms with Gasteiger partial charge in [0.05, 0.1) is 18.7 Å². The molecule has 0 bridgehead atoms. The Hall–Kier alpha value is -3.88. The number of fused-ring (bicyclic) bond motifs is 1. The molecule has 0 radical (unpaired) electrons. The van der Waals surface area contributed by atoms with Crippen LogP contribution in [0.5, 0.6) is 5.75 Å². The van der Waals surface area contributed by atoms with E-state index in [0.717, 1.165) is 54.1 Å². The number of ether oxygens (including phenoxy) is 2. The standard InChI is InChI=1S/C25H27N5O4/c1-33-22-12-15(23(31)28-17-7-8-17)5-9-18(22)14-6-10-19-16(11-14)13-27-25(29-19)30-20-3-2-4-21(20)34-24(26)32/h5-6,9-13,17,20-21H,2-4,7-8H2,1H3,(H2,26,32)(H,28,31)(H,27,29,30)/t20-,21+/m1/s1. The van der Waals surface area contributed by atoms with E-state index in [1.165, 1.54) is 0 Å². The number of anilines is 1. The third-order valence-corrected chi connectivity index (χ3v) is 6.30. The monoisotopic (exact) mass is 461 g/mol. The van der Waals surface area contributed by atoms with Crippen molar-refractivity contribution in [2.24, 2.45) is 5.73 Å². The quantitative estimate of drug-likeness (QED) is 0.490. The van der Waals surface area contributed by atoms with E-state index in [4.69, 9.17) is 15.2 Å². The van der Waals surface area contributed by atoms with E-state index in [9.17, 15) is 9.59 Å². The van der Waals surface area contributed by atoms with Crippen LogP contribution in [0.2, 0.25) is 0 Å². The van der Waals surface area contributed by atoms with Crippen molar-refractivity contribution in [3.05, 3.63) is 48.2 Å². The van der Waals surface area contributed by atoms with Crippen molar-refractivity contribution in [1.29, 1.82) is 0 Å². The van der Waals surface area contributed by atoms with Gasteiger partial charge in [0.15, 0.2) is 0 Å². The molecule has 3 aromatic rings. The van der Waals surface area contributed by atoms with Crippen LogP contribution in [0.15, 0.2) is 42.6 Å². The van der Waals surface area contributed by atoms with Crippen LogP contribution in [-0.4, -0.2) is 47.3 Å². The molecule has 176 valence electrons. The number of hydrogen-bond acceptors (Lipinski definition) is 7. The van der Waals surface area contributed by atoms with E-state index in [1.54, 1.807) is 19.4 Å². The molecule has 2 atom stereocenters. The molecule has 34 heavy (non-hydrogen) atoms. The lowest BCUT2D eigenvalue weighted by atomic mass is 10.0. The molecule has 0 spiro atoms. The zero-order valence-electron chi connectivity index (χ0n) is 18.9. The van der Waals surface area contributed by atoms with Crippen LogP contribution in [0.25, 0.3) is 22.0 Å². The molecule has 2 amide bonds. The lowest BCUT2D eigenvalue weighted by molar-refractivity contribution is 0.0950. The number of methoxy groups -OCH3 is 1. The molecule has 9 nitrogen and oxygen atoms in total. The SMILES string of the molecule is COc1cc(C(=O)NC2CC2)ccc1-c1ccc2nc(N[C@@H]3CCC[C@@H]3OC(N)=O)ncc2c1. The highest BCUT2D eigenvalue weighted by Crippen LogP contribution is 2.33. The molecule has 0 saturated heterocycles. The molecule has 2 fully saturated rings. The van der Waals surface area contributed by atoms with E-state index in [1.807, 2.05) is 30.3 Å². The van der Waals surface area contributed by atoms with Crippen LogP contribution in [0.3, 0.4) is 0 Å². The summed E-state index contributed by atoms with van der Waals surface area (Å²) in [5, 5.41) is 7.15. The first kappa shape index (κ1) is 21.9. The van der Waals surface area contributed by atoms with Crippen molar-refractivity contribution in [3.63, 3.8) is 0 Å². The Kier molecular flexibility index (Phi) is 5.91.